The van der Waals surface area contributed by atoms with Gasteiger partial charge in [0.25, 0.3) is 0 Å². The molecule has 0 saturated carbocycles. The number of fused-ring (bicyclic) bond motifs is 1. The Morgan fingerprint density at radius 3 is 2.70 bits per heavy atom. The molecule has 33 heavy (non-hydrogen) atoms. The number of nitrogens with one attached hydrogen (secondary N) is 2. The van der Waals surface area contributed by atoms with E-state index in [9.17, 15) is 36.3 Å². The number of anilines is 1. The molecule has 0 aliphatic carbocycles. The molecular weight excluding hydrogens is 465 g/mol. The van der Waals surface area contributed by atoms with Crippen molar-refractivity contribution in [1.82, 2.24) is 14.6 Å². The molecule has 1 aromatic heterocycles. The van der Waals surface area contributed by atoms with Crippen molar-refractivity contribution in [3.63, 3.8) is 0 Å². The van der Waals surface area contributed by atoms with Gasteiger partial charge in [0, 0.05) is 25.3 Å². The molecule has 1 amide bonds. The number of aryl methyl sites for hydroxylation is 2. The fraction of sp³-hybridized carbons (Fsp3) is 0.650. The fourth-order valence-electron chi connectivity index (χ4n) is 3.83. The quantitative estimate of drug-likeness (QED) is 0.452. The van der Waals surface area contributed by atoms with Gasteiger partial charge in [0.2, 0.25) is 15.9 Å². The van der Waals surface area contributed by atoms with Crippen molar-refractivity contribution in [2.24, 2.45) is 5.92 Å². The van der Waals surface area contributed by atoms with Gasteiger partial charge in [-0.3, -0.25) is 9.59 Å². The average molecular weight is 493 g/mol. The first kappa shape index (κ1) is 25.2. The number of aromatic nitrogens is 1. The Hall–Kier alpha value is -2.41. The third-order valence-corrected chi connectivity index (χ3v) is 7.11. The van der Waals surface area contributed by atoms with Gasteiger partial charge in [-0.05, 0) is 43.2 Å². The summed E-state index contributed by atoms with van der Waals surface area (Å²) in [5, 5.41) is 12.5. The highest BCUT2D eigenvalue weighted by molar-refractivity contribution is 7.89. The van der Waals surface area contributed by atoms with Gasteiger partial charge in [0.1, 0.15) is 11.9 Å². The van der Waals surface area contributed by atoms with Gasteiger partial charge < -0.3 is 15.3 Å². The number of halogens is 3. The van der Waals surface area contributed by atoms with Crippen molar-refractivity contribution in [2.75, 3.05) is 30.7 Å². The Bertz CT molecular complexity index is 980. The number of rotatable bonds is 10. The summed E-state index contributed by atoms with van der Waals surface area (Å²) in [6.07, 6.45) is -3.35. The Balaban J connectivity index is 1.43. The molecule has 1 fully saturated rings. The molecule has 0 spiro atoms. The zero-order valence-electron chi connectivity index (χ0n) is 17.9. The van der Waals surface area contributed by atoms with E-state index >= 15 is 0 Å². The molecule has 1 atom stereocenters. The van der Waals surface area contributed by atoms with Gasteiger partial charge in [-0.1, -0.05) is 6.07 Å². The highest BCUT2D eigenvalue weighted by Gasteiger charge is 2.36. The number of hydrogen-bond donors (Lipinski definition) is 3. The molecule has 13 heteroatoms. The number of aliphatic carboxylic acids is 1. The van der Waals surface area contributed by atoms with Gasteiger partial charge >= 0.3 is 12.1 Å². The lowest BCUT2D eigenvalue weighted by Crippen LogP contribution is -2.53. The summed E-state index contributed by atoms with van der Waals surface area (Å²) in [6, 6.07) is 2.25. The number of carbonyl (C=O) groups excluding carboxylic acids is 1. The van der Waals surface area contributed by atoms with Crippen LogP contribution in [0.4, 0.5) is 19.0 Å². The summed E-state index contributed by atoms with van der Waals surface area (Å²) in [5.41, 5.74) is 2.15. The minimum atomic E-state index is -4.69. The molecule has 0 aromatic carbocycles. The smallest absolute Gasteiger partial charge is 0.390 e. The molecule has 0 bridgehead atoms. The van der Waals surface area contributed by atoms with Crippen LogP contribution in [0, 0.1) is 5.92 Å². The molecule has 184 valence electrons. The van der Waals surface area contributed by atoms with E-state index in [1.54, 1.807) is 4.72 Å². The summed E-state index contributed by atoms with van der Waals surface area (Å²) >= 11 is 0. The van der Waals surface area contributed by atoms with Crippen molar-refractivity contribution < 1.29 is 36.3 Å². The van der Waals surface area contributed by atoms with Crippen LogP contribution in [-0.4, -0.2) is 72.9 Å². The molecule has 3 heterocycles. The van der Waals surface area contributed by atoms with E-state index in [0.717, 1.165) is 43.7 Å². The normalized spacial score (nSPS) is 17.6. The highest BCUT2D eigenvalue weighted by Crippen LogP contribution is 2.25. The molecule has 0 unspecified atom stereocenters. The third-order valence-electron chi connectivity index (χ3n) is 5.72. The van der Waals surface area contributed by atoms with Crippen LogP contribution in [0.1, 0.15) is 36.9 Å². The summed E-state index contributed by atoms with van der Waals surface area (Å²) in [7, 11) is -4.51. The second-order valence-electron chi connectivity index (χ2n) is 8.44. The number of alkyl halides is 3. The van der Waals surface area contributed by atoms with Gasteiger partial charge in [-0.25, -0.2) is 18.1 Å². The minimum Gasteiger partial charge on any atom is -0.480 e. The molecule has 0 radical (unpaired) electrons. The summed E-state index contributed by atoms with van der Waals surface area (Å²) < 4.78 is 62.0. The molecule has 3 rings (SSSR count). The first-order valence-corrected chi connectivity index (χ1v) is 12.4. The summed E-state index contributed by atoms with van der Waals surface area (Å²) in [5.74, 6) is -2.35. The van der Waals surface area contributed by atoms with Crippen LogP contribution < -0.4 is 10.0 Å². The van der Waals surface area contributed by atoms with Crippen LogP contribution in [-0.2, 0) is 32.5 Å². The summed E-state index contributed by atoms with van der Waals surface area (Å²) in [6.45, 7) is 1.73. The van der Waals surface area contributed by atoms with Crippen molar-refractivity contribution >= 4 is 27.7 Å². The maximum Gasteiger partial charge on any atom is 0.390 e. The highest BCUT2D eigenvalue weighted by atomic mass is 32.2. The molecule has 9 nitrogen and oxygen atoms in total. The van der Waals surface area contributed by atoms with Gasteiger partial charge in [0.05, 0.1) is 18.6 Å². The SMILES string of the molecule is O=C(O)[C@H](CC(=O)N1CC(CCc2ccc3c(n2)NCCC3)C1)NS(=O)(=O)CCC(F)(F)F. The van der Waals surface area contributed by atoms with Crippen LogP contribution in [0.15, 0.2) is 12.1 Å². The molecule has 3 N–H and O–H groups in total. The minimum absolute atomic E-state index is 0.214. The lowest BCUT2D eigenvalue weighted by molar-refractivity contribution is -0.145. The zero-order chi connectivity index (χ0) is 24.2. The Morgan fingerprint density at radius 2 is 2.03 bits per heavy atom. The maximum absolute atomic E-state index is 12.4. The van der Waals surface area contributed by atoms with E-state index in [-0.39, 0.29) is 5.92 Å². The van der Waals surface area contributed by atoms with Crippen molar-refractivity contribution in [1.29, 1.82) is 0 Å². The van der Waals surface area contributed by atoms with Crippen molar-refractivity contribution in [2.45, 2.75) is 50.7 Å². The van der Waals surface area contributed by atoms with E-state index in [0.29, 0.717) is 13.1 Å². The van der Waals surface area contributed by atoms with E-state index in [1.165, 1.54) is 10.5 Å². The number of amides is 1. The van der Waals surface area contributed by atoms with Crippen LogP contribution >= 0.6 is 0 Å². The Labute approximate surface area is 189 Å². The van der Waals surface area contributed by atoms with Crippen molar-refractivity contribution in [3.05, 3.63) is 23.4 Å². The Morgan fingerprint density at radius 1 is 1.30 bits per heavy atom. The number of carboxylic acids is 1. The monoisotopic (exact) mass is 492 g/mol. The standard InChI is InChI=1S/C20H27F3N4O5S/c21-20(22,23)7-9-33(31,32)26-16(19(29)30)10-17(28)27-11-13(12-27)3-5-15-6-4-14-2-1-8-24-18(14)25-15/h4,6,13,16,26H,1-3,5,7-12H2,(H,24,25)(H,29,30)/t16-/m0/s1. The first-order chi connectivity index (χ1) is 15.4. The lowest BCUT2D eigenvalue weighted by Gasteiger charge is -2.40. The van der Waals surface area contributed by atoms with E-state index in [4.69, 9.17) is 0 Å². The van der Waals surface area contributed by atoms with E-state index in [1.807, 2.05) is 6.07 Å². The molecule has 2 aliphatic heterocycles. The Kier molecular flexibility index (Phi) is 7.83. The fourth-order valence-corrected chi connectivity index (χ4v) is 5.06. The summed E-state index contributed by atoms with van der Waals surface area (Å²) in [4.78, 5) is 29.7. The van der Waals surface area contributed by atoms with Crippen LogP contribution in [0.3, 0.4) is 0 Å². The maximum atomic E-state index is 12.4. The van der Waals surface area contributed by atoms with Gasteiger partial charge in [-0.2, -0.15) is 13.2 Å². The molecular formula is C20H27F3N4O5S. The number of sulfonamides is 1. The van der Waals surface area contributed by atoms with Gasteiger partial charge in [-0.15, -0.1) is 0 Å². The number of carbonyl (C=O) groups is 2. The predicted molar refractivity (Wildman–Crippen MR) is 113 cm³/mol. The topological polar surface area (TPSA) is 129 Å². The molecule has 2 aliphatic rings. The number of pyridine rings is 1. The number of hydrogen-bond acceptors (Lipinski definition) is 6. The zero-order valence-corrected chi connectivity index (χ0v) is 18.7. The molecule has 1 saturated heterocycles. The van der Waals surface area contributed by atoms with E-state index in [2.05, 4.69) is 16.4 Å². The lowest BCUT2D eigenvalue weighted by atomic mass is 9.93. The van der Waals surface area contributed by atoms with Crippen molar-refractivity contribution in [3.8, 4) is 0 Å². The van der Waals surface area contributed by atoms with Crippen LogP contribution in [0.25, 0.3) is 0 Å². The third kappa shape index (κ3) is 7.56. The van der Waals surface area contributed by atoms with Crippen LogP contribution in [0.2, 0.25) is 0 Å². The largest absolute Gasteiger partial charge is 0.480 e. The number of carboxylic acid groups (broad SMARTS) is 1. The van der Waals surface area contributed by atoms with Crippen LogP contribution in [0.5, 0.6) is 0 Å². The van der Waals surface area contributed by atoms with E-state index < -0.39 is 52.7 Å². The number of likely N-dealkylation sites (tertiary alicyclic amines) is 1. The second kappa shape index (κ2) is 10.2. The molecule has 1 aromatic rings. The average Bonchev–Trinajstić information content (AvgIpc) is 2.70. The number of nitrogens with zero attached hydrogens (tertiary/aromatic N) is 2. The van der Waals surface area contributed by atoms with Gasteiger partial charge in [0.15, 0.2) is 0 Å². The first-order valence-electron chi connectivity index (χ1n) is 10.7. The predicted octanol–water partition coefficient (Wildman–Crippen LogP) is 1.55. The second-order valence-corrected chi connectivity index (χ2v) is 10.3.